The van der Waals surface area contributed by atoms with Crippen molar-refractivity contribution in [3.8, 4) is 22.5 Å². The van der Waals surface area contributed by atoms with E-state index in [1.54, 1.807) is 6.20 Å². The Morgan fingerprint density at radius 1 is 1.07 bits per heavy atom. The van der Waals surface area contributed by atoms with Gasteiger partial charge in [-0.25, -0.2) is 18.7 Å². The molecule has 5 nitrogen and oxygen atoms in total. The fourth-order valence-electron chi connectivity index (χ4n) is 5.20. The van der Waals surface area contributed by atoms with Gasteiger partial charge in [-0.2, -0.15) is 0 Å². The highest BCUT2D eigenvalue weighted by Gasteiger charge is 2.62. The van der Waals surface area contributed by atoms with Crippen LogP contribution in [0.3, 0.4) is 0 Å². The molecule has 2 aromatic heterocycles. The molecule has 0 unspecified atom stereocenters. The summed E-state index contributed by atoms with van der Waals surface area (Å²) in [6.45, 7) is 2.43. The van der Waals surface area contributed by atoms with Crippen molar-refractivity contribution in [2.24, 2.45) is 5.41 Å². The minimum atomic E-state index is -2.51. The van der Waals surface area contributed by atoms with Crippen LogP contribution >= 0.6 is 0 Å². The number of aromatic amines is 1. The van der Waals surface area contributed by atoms with E-state index in [2.05, 4.69) is 27.0 Å². The number of halogens is 2. The minimum Gasteiger partial charge on any atom is -0.375 e. The molecule has 1 N–H and O–H groups in total. The predicted molar refractivity (Wildman–Crippen MR) is 109 cm³/mol. The number of aromatic nitrogens is 3. The van der Waals surface area contributed by atoms with E-state index in [-0.39, 0.29) is 18.3 Å². The van der Waals surface area contributed by atoms with Gasteiger partial charge in [0.2, 0.25) is 5.92 Å². The lowest BCUT2D eigenvalue weighted by atomic mass is 9.61. The van der Waals surface area contributed by atoms with Crippen LogP contribution in [0.4, 0.5) is 14.6 Å². The zero-order chi connectivity index (χ0) is 20.3. The van der Waals surface area contributed by atoms with Crippen molar-refractivity contribution in [1.82, 2.24) is 15.0 Å². The van der Waals surface area contributed by atoms with Gasteiger partial charge in [0.1, 0.15) is 11.6 Å². The highest BCUT2D eigenvalue weighted by atomic mass is 19.3. The lowest BCUT2D eigenvalue weighted by Crippen LogP contribution is -2.66. The van der Waals surface area contributed by atoms with Crippen molar-refractivity contribution in [1.29, 1.82) is 0 Å². The molecule has 7 heteroatoms. The molecule has 3 aliphatic rings. The predicted octanol–water partition coefficient (Wildman–Crippen LogP) is 4.45. The maximum absolute atomic E-state index is 13.5. The van der Waals surface area contributed by atoms with E-state index in [4.69, 9.17) is 9.72 Å². The Balaban J connectivity index is 1.43. The molecular weight excluding hydrogens is 386 g/mol. The number of fused-ring (bicyclic) bond motifs is 1. The van der Waals surface area contributed by atoms with Gasteiger partial charge in [-0.05, 0) is 17.2 Å². The highest BCUT2D eigenvalue weighted by Crippen LogP contribution is 2.58. The summed E-state index contributed by atoms with van der Waals surface area (Å²) >= 11 is 0. The standard InChI is InChI=1S/C23H22F2N4O/c24-23(25)11-22(12-23)13-29(14-22)21-19(20-27-17-7-9-30-10-18(17)28-20)16(6-8-26-21)15-4-2-1-3-5-15/h1-6,8H,7,9-14H2,(H,27,28). The van der Waals surface area contributed by atoms with Crippen molar-refractivity contribution >= 4 is 5.82 Å². The summed E-state index contributed by atoms with van der Waals surface area (Å²) in [5, 5.41) is 0. The molecule has 0 atom stereocenters. The van der Waals surface area contributed by atoms with Gasteiger partial charge in [0, 0.05) is 44.0 Å². The number of anilines is 1. The van der Waals surface area contributed by atoms with Crippen molar-refractivity contribution < 1.29 is 13.5 Å². The molecule has 30 heavy (non-hydrogen) atoms. The molecule has 1 saturated heterocycles. The van der Waals surface area contributed by atoms with E-state index in [9.17, 15) is 8.78 Å². The topological polar surface area (TPSA) is 54.0 Å². The second-order valence-corrected chi connectivity index (χ2v) is 8.80. The number of hydrogen-bond acceptors (Lipinski definition) is 4. The lowest BCUT2D eigenvalue weighted by Gasteiger charge is -2.59. The van der Waals surface area contributed by atoms with Crippen LogP contribution < -0.4 is 4.90 Å². The van der Waals surface area contributed by atoms with Crippen molar-refractivity contribution in [3.63, 3.8) is 0 Å². The number of hydrogen-bond donors (Lipinski definition) is 1. The summed E-state index contributed by atoms with van der Waals surface area (Å²) in [5.74, 6) is -0.926. The van der Waals surface area contributed by atoms with Gasteiger partial charge in [0.15, 0.2) is 0 Å². The van der Waals surface area contributed by atoms with Crippen LogP contribution in [0.15, 0.2) is 42.6 Å². The maximum atomic E-state index is 13.5. The van der Waals surface area contributed by atoms with Gasteiger partial charge in [-0.1, -0.05) is 30.3 Å². The average molecular weight is 408 g/mol. The quantitative estimate of drug-likeness (QED) is 0.696. The molecule has 0 amide bonds. The monoisotopic (exact) mass is 408 g/mol. The second-order valence-electron chi connectivity index (χ2n) is 8.80. The third-order valence-corrected chi connectivity index (χ3v) is 6.47. The fraction of sp³-hybridized carbons (Fsp3) is 0.391. The van der Waals surface area contributed by atoms with Gasteiger partial charge in [0.05, 0.1) is 30.2 Å². The lowest BCUT2D eigenvalue weighted by molar-refractivity contribution is -0.170. The molecule has 1 aromatic carbocycles. The Labute approximate surface area is 173 Å². The van der Waals surface area contributed by atoms with E-state index in [1.807, 2.05) is 24.3 Å². The molecule has 1 aliphatic carbocycles. The number of ether oxygens (including phenoxy) is 1. The summed E-state index contributed by atoms with van der Waals surface area (Å²) in [7, 11) is 0. The van der Waals surface area contributed by atoms with Gasteiger partial charge in [0.25, 0.3) is 0 Å². The van der Waals surface area contributed by atoms with Gasteiger partial charge in [-0.3, -0.25) is 0 Å². The largest absolute Gasteiger partial charge is 0.375 e. The number of alkyl halides is 2. The summed E-state index contributed by atoms with van der Waals surface area (Å²) in [4.78, 5) is 15.1. The van der Waals surface area contributed by atoms with Gasteiger partial charge < -0.3 is 14.6 Å². The summed E-state index contributed by atoms with van der Waals surface area (Å²) in [6, 6.07) is 12.1. The number of nitrogens with zero attached hydrogens (tertiary/aromatic N) is 3. The first-order valence-corrected chi connectivity index (χ1v) is 10.4. The van der Waals surface area contributed by atoms with Crippen LogP contribution in [0, 0.1) is 5.41 Å². The molecule has 0 radical (unpaired) electrons. The van der Waals surface area contributed by atoms with Crippen molar-refractivity contribution in [3.05, 3.63) is 54.0 Å². The fourth-order valence-corrected chi connectivity index (χ4v) is 5.20. The zero-order valence-electron chi connectivity index (χ0n) is 16.5. The number of nitrogens with one attached hydrogen (secondary N) is 1. The van der Waals surface area contributed by atoms with Crippen LogP contribution in [0.1, 0.15) is 24.2 Å². The van der Waals surface area contributed by atoms with Crippen LogP contribution in [-0.2, 0) is 17.8 Å². The summed E-state index contributed by atoms with van der Waals surface area (Å²) in [6.07, 6.45) is 2.55. The van der Waals surface area contributed by atoms with Crippen molar-refractivity contribution in [2.45, 2.75) is 31.8 Å². The SMILES string of the molecule is FC1(F)CC2(CN(c3nccc(-c4ccccc4)c3-c3nc4c([nH]3)COCC4)C2)C1. The smallest absolute Gasteiger partial charge is 0.249 e. The molecular formula is C23H22F2N4O. The van der Waals surface area contributed by atoms with E-state index < -0.39 is 5.92 Å². The number of rotatable bonds is 3. The Morgan fingerprint density at radius 3 is 2.60 bits per heavy atom. The molecule has 3 aromatic rings. The highest BCUT2D eigenvalue weighted by molar-refractivity contribution is 5.88. The minimum absolute atomic E-state index is 0.0173. The molecule has 0 bridgehead atoms. The molecule has 2 fully saturated rings. The van der Waals surface area contributed by atoms with Gasteiger partial charge >= 0.3 is 0 Å². The van der Waals surface area contributed by atoms with Gasteiger partial charge in [-0.15, -0.1) is 0 Å². The third-order valence-electron chi connectivity index (χ3n) is 6.47. The Bertz CT molecular complexity index is 1070. The number of pyridine rings is 1. The number of imidazole rings is 1. The van der Waals surface area contributed by atoms with E-state index in [1.165, 1.54) is 0 Å². The Kier molecular flexibility index (Phi) is 3.81. The van der Waals surface area contributed by atoms with Crippen LogP contribution in [0.25, 0.3) is 22.5 Å². The first-order chi connectivity index (χ1) is 14.5. The molecule has 154 valence electrons. The first-order valence-electron chi connectivity index (χ1n) is 10.4. The Hall–Kier alpha value is -2.80. The molecule has 1 spiro atoms. The first kappa shape index (κ1) is 18.0. The van der Waals surface area contributed by atoms with E-state index >= 15 is 0 Å². The Morgan fingerprint density at radius 2 is 1.87 bits per heavy atom. The van der Waals surface area contributed by atoms with E-state index in [0.29, 0.717) is 26.3 Å². The summed E-state index contributed by atoms with van der Waals surface area (Å²) in [5.41, 5.74) is 4.81. The zero-order valence-corrected chi connectivity index (χ0v) is 16.5. The molecule has 4 heterocycles. The maximum Gasteiger partial charge on any atom is 0.249 e. The van der Waals surface area contributed by atoms with Crippen LogP contribution in [-0.4, -0.2) is 40.6 Å². The number of benzene rings is 1. The summed E-state index contributed by atoms with van der Waals surface area (Å²) < 4.78 is 32.5. The molecule has 1 saturated carbocycles. The number of H-pyrrole nitrogens is 1. The second kappa shape index (κ2) is 6.35. The molecule has 6 rings (SSSR count). The average Bonchev–Trinajstić information content (AvgIpc) is 3.14. The third kappa shape index (κ3) is 2.83. The normalized spacial score (nSPS) is 21.1. The molecule has 2 aliphatic heterocycles. The van der Waals surface area contributed by atoms with Crippen LogP contribution in [0.2, 0.25) is 0 Å². The van der Waals surface area contributed by atoms with Crippen LogP contribution in [0.5, 0.6) is 0 Å². The van der Waals surface area contributed by atoms with E-state index in [0.717, 1.165) is 46.1 Å². The van der Waals surface area contributed by atoms with Crippen molar-refractivity contribution in [2.75, 3.05) is 24.6 Å².